The predicted molar refractivity (Wildman–Crippen MR) is 60.9 cm³/mol. The highest BCUT2D eigenvalue weighted by atomic mass is 19.4. The molecule has 0 saturated carbocycles. The number of amides is 1. The van der Waals surface area contributed by atoms with Crippen molar-refractivity contribution in [3.63, 3.8) is 0 Å². The van der Waals surface area contributed by atoms with Crippen molar-refractivity contribution in [2.75, 3.05) is 19.8 Å². The molecule has 8 heteroatoms. The number of hydrogen-bond acceptors (Lipinski definition) is 3. The van der Waals surface area contributed by atoms with E-state index < -0.39 is 24.1 Å². The van der Waals surface area contributed by atoms with Gasteiger partial charge in [0, 0.05) is 19.8 Å². The van der Waals surface area contributed by atoms with Gasteiger partial charge in [-0.2, -0.15) is 13.2 Å². The van der Waals surface area contributed by atoms with Gasteiger partial charge in [0.25, 0.3) is 0 Å². The Morgan fingerprint density at radius 2 is 1.80 bits per heavy atom. The first-order valence-corrected chi connectivity index (χ1v) is 6.44. The van der Waals surface area contributed by atoms with Crippen molar-refractivity contribution in [3.05, 3.63) is 0 Å². The van der Waals surface area contributed by atoms with E-state index >= 15 is 0 Å². The highest BCUT2D eigenvalue weighted by molar-refractivity contribution is 5.87. The summed E-state index contributed by atoms with van der Waals surface area (Å²) in [5, 5.41) is 9.14. The van der Waals surface area contributed by atoms with E-state index in [1.807, 2.05) is 0 Å². The Labute approximate surface area is 113 Å². The molecule has 2 aliphatic rings. The van der Waals surface area contributed by atoms with Crippen molar-refractivity contribution in [3.8, 4) is 0 Å². The van der Waals surface area contributed by atoms with Gasteiger partial charge in [-0.3, -0.25) is 4.79 Å². The molecule has 0 aromatic heterocycles. The third kappa shape index (κ3) is 2.89. The normalized spacial score (nSPS) is 26.6. The van der Waals surface area contributed by atoms with Gasteiger partial charge in [-0.1, -0.05) is 0 Å². The number of likely N-dealkylation sites (tertiary alicyclic amines) is 1. The second-order valence-corrected chi connectivity index (χ2v) is 5.42. The largest absolute Gasteiger partial charge is 0.480 e. The first-order valence-electron chi connectivity index (χ1n) is 6.44. The van der Waals surface area contributed by atoms with Crippen molar-refractivity contribution >= 4 is 11.9 Å². The number of hydrogen-bond donors (Lipinski definition) is 1. The molecule has 2 heterocycles. The van der Waals surface area contributed by atoms with Crippen LogP contribution >= 0.6 is 0 Å². The van der Waals surface area contributed by atoms with E-state index in [-0.39, 0.29) is 18.4 Å². The molecule has 2 fully saturated rings. The molecule has 1 atom stereocenters. The van der Waals surface area contributed by atoms with Gasteiger partial charge < -0.3 is 14.7 Å². The second-order valence-electron chi connectivity index (χ2n) is 5.42. The van der Waals surface area contributed by atoms with Crippen LogP contribution in [0.25, 0.3) is 0 Å². The lowest BCUT2D eigenvalue weighted by atomic mass is 9.70. The Morgan fingerprint density at radius 3 is 2.30 bits per heavy atom. The Morgan fingerprint density at radius 1 is 1.20 bits per heavy atom. The number of nitrogens with zero attached hydrogens (tertiary/aromatic N) is 1. The Bertz CT molecular complexity index is 404. The number of carbonyl (C=O) groups is 2. The number of carboxylic acids is 1. The minimum Gasteiger partial charge on any atom is -0.480 e. The summed E-state index contributed by atoms with van der Waals surface area (Å²) in [7, 11) is 0. The van der Waals surface area contributed by atoms with Crippen LogP contribution in [0, 0.1) is 5.41 Å². The van der Waals surface area contributed by atoms with Crippen molar-refractivity contribution in [2.45, 2.75) is 37.9 Å². The zero-order valence-electron chi connectivity index (χ0n) is 10.8. The van der Waals surface area contributed by atoms with Crippen LogP contribution in [0.15, 0.2) is 0 Å². The molecule has 5 nitrogen and oxygen atoms in total. The van der Waals surface area contributed by atoms with Crippen LogP contribution in [0.2, 0.25) is 0 Å². The molecule has 2 aliphatic heterocycles. The van der Waals surface area contributed by atoms with Gasteiger partial charge in [0.1, 0.15) is 6.04 Å². The summed E-state index contributed by atoms with van der Waals surface area (Å²) >= 11 is 0. The molecule has 0 aromatic rings. The highest BCUT2D eigenvalue weighted by Gasteiger charge is 2.51. The quantitative estimate of drug-likeness (QED) is 0.794. The first-order chi connectivity index (χ1) is 9.25. The lowest BCUT2D eigenvalue weighted by Crippen LogP contribution is -2.57. The van der Waals surface area contributed by atoms with Gasteiger partial charge in [0.05, 0.1) is 0 Å². The van der Waals surface area contributed by atoms with Gasteiger partial charge in [0.2, 0.25) is 0 Å². The lowest BCUT2D eigenvalue weighted by molar-refractivity contribution is -0.194. The Kier molecular flexibility index (Phi) is 3.95. The van der Waals surface area contributed by atoms with Gasteiger partial charge in [-0.25, -0.2) is 4.79 Å². The SMILES string of the molecule is O=C(O)C1CC2(CCOCC2)CCN1C(=O)C(F)(F)F. The second kappa shape index (κ2) is 5.23. The molecule has 2 rings (SSSR count). The zero-order valence-corrected chi connectivity index (χ0v) is 10.8. The van der Waals surface area contributed by atoms with E-state index in [2.05, 4.69) is 0 Å². The molecule has 0 bridgehead atoms. The zero-order chi connectivity index (χ0) is 15.0. The fourth-order valence-corrected chi connectivity index (χ4v) is 3.02. The topological polar surface area (TPSA) is 66.8 Å². The standard InChI is InChI=1S/C12H16F3NO4/c13-12(14,15)10(19)16-4-1-11(2-5-20-6-3-11)7-8(16)9(17)18/h8H,1-7H2,(H,17,18). The number of halogens is 3. The van der Waals surface area contributed by atoms with Crippen molar-refractivity contribution in [1.82, 2.24) is 4.90 Å². The van der Waals surface area contributed by atoms with Gasteiger partial charge in [-0.05, 0) is 31.1 Å². The molecule has 1 amide bonds. The summed E-state index contributed by atoms with van der Waals surface area (Å²) in [4.78, 5) is 23.0. The smallest absolute Gasteiger partial charge is 0.471 e. The van der Waals surface area contributed by atoms with Gasteiger partial charge >= 0.3 is 18.1 Å². The lowest BCUT2D eigenvalue weighted by Gasteiger charge is -2.47. The Balaban J connectivity index is 2.17. The minimum absolute atomic E-state index is 0.0630. The number of carboxylic acid groups (broad SMARTS) is 1. The molecular formula is C12H16F3NO4. The number of piperidine rings is 1. The third-order valence-corrected chi connectivity index (χ3v) is 4.23. The Hall–Kier alpha value is -1.31. The number of rotatable bonds is 1. The molecular weight excluding hydrogens is 279 g/mol. The maximum Gasteiger partial charge on any atom is 0.471 e. The van der Waals surface area contributed by atoms with Crippen LogP contribution in [0.1, 0.15) is 25.7 Å². The predicted octanol–water partition coefficient (Wildman–Crippen LogP) is 1.42. The highest BCUT2D eigenvalue weighted by Crippen LogP contribution is 2.43. The van der Waals surface area contributed by atoms with Crippen LogP contribution in [0.3, 0.4) is 0 Å². The van der Waals surface area contributed by atoms with E-state index in [1.54, 1.807) is 0 Å². The molecule has 0 aliphatic carbocycles. The van der Waals surface area contributed by atoms with Gasteiger partial charge in [0.15, 0.2) is 0 Å². The molecule has 114 valence electrons. The summed E-state index contributed by atoms with van der Waals surface area (Å²) in [6.45, 7) is 0.800. The van der Waals surface area contributed by atoms with Crippen LogP contribution in [-0.2, 0) is 14.3 Å². The third-order valence-electron chi connectivity index (χ3n) is 4.23. The van der Waals surface area contributed by atoms with E-state index in [1.165, 1.54) is 0 Å². The van der Waals surface area contributed by atoms with Crippen LogP contribution in [0.5, 0.6) is 0 Å². The maximum absolute atomic E-state index is 12.5. The molecule has 0 radical (unpaired) electrons. The number of ether oxygens (including phenoxy) is 1. The molecule has 0 aromatic carbocycles. The average molecular weight is 295 g/mol. The summed E-state index contributed by atoms with van der Waals surface area (Å²) in [6, 6.07) is -1.41. The minimum atomic E-state index is -5.03. The summed E-state index contributed by atoms with van der Waals surface area (Å²) in [6.07, 6.45) is -3.32. The number of aliphatic carboxylic acids is 1. The van der Waals surface area contributed by atoms with Gasteiger partial charge in [-0.15, -0.1) is 0 Å². The number of carbonyl (C=O) groups excluding carboxylic acids is 1. The van der Waals surface area contributed by atoms with Crippen molar-refractivity contribution < 1.29 is 32.6 Å². The monoisotopic (exact) mass is 295 g/mol. The fraction of sp³-hybridized carbons (Fsp3) is 0.833. The van der Waals surface area contributed by atoms with E-state index in [9.17, 15) is 22.8 Å². The summed E-state index contributed by atoms with van der Waals surface area (Å²) < 4.78 is 42.7. The summed E-state index contributed by atoms with van der Waals surface area (Å²) in [5.41, 5.74) is -0.316. The van der Waals surface area contributed by atoms with Crippen molar-refractivity contribution in [1.29, 1.82) is 0 Å². The fourth-order valence-electron chi connectivity index (χ4n) is 3.02. The van der Waals surface area contributed by atoms with E-state index in [4.69, 9.17) is 9.84 Å². The van der Waals surface area contributed by atoms with Crippen LogP contribution in [0.4, 0.5) is 13.2 Å². The van der Waals surface area contributed by atoms with Crippen LogP contribution in [-0.4, -0.2) is 53.9 Å². The number of alkyl halides is 3. The molecule has 1 N–H and O–H groups in total. The molecule has 20 heavy (non-hydrogen) atoms. The summed E-state index contributed by atoms with van der Waals surface area (Å²) in [5.74, 6) is -3.44. The average Bonchev–Trinajstić information content (AvgIpc) is 2.38. The van der Waals surface area contributed by atoms with Crippen LogP contribution < -0.4 is 0 Å². The maximum atomic E-state index is 12.5. The molecule has 1 unspecified atom stereocenters. The van der Waals surface area contributed by atoms with E-state index in [0.717, 1.165) is 0 Å². The molecule has 1 spiro atoms. The van der Waals surface area contributed by atoms with E-state index in [0.29, 0.717) is 37.4 Å². The first kappa shape index (κ1) is 15.1. The molecule has 2 saturated heterocycles. The van der Waals surface area contributed by atoms with Crippen molar-refractivity contribution in [2.24, 2.45) is 5.41 Å².